The van der Waals surface area contributed by atoms with Crippen molar-refractivity contribution in [3.63, 3.8) is 0 Å². The number of amides is 4. The zero-order valence-electron chi connectivity index (χ0n) is 18.4. The molecule has 0 heterocycles. The summed E-state index contributed by atoms with van der Waals surface area (Å²) in [5.74, 6) is -4.89. The summed E-state index contributed by atoms with van der Waals surface area (Å²) in [5.41, 5.74) is 6.09. The maximum absolute atomic E-state index is 12.8. The lowest BCUT2D eigenvalue weighted by Crippen LogP contribution is -2.59. The number of nitrogens with one attached hydrogen (secondary N) is 4. The molecule has 0 aliphatic carbocycles. The molecule has 0 saturated carbocycles. The average molecular weight is 483 g/mol. The Morgan fingerprint density at radius 2 is 1.29 bits per heavy atom. The Balaban J connectivity index is 2.91. The molecule has 0 radical (unpaired) electrons. The first-order valence-electron chi connectivity index (χ1n) is 10.1. The molecule has 0 fully saturated rings. The number of phenolic OH excluding ortho intramolecular Hbond substituents is 1. The van der Waals surface area contributed by atoms with Gasteiger partial charge in [-0.25, -0.2) is 0 Å². The number of aliphatic hydroxyl groups is 2. The van der Waals surface area contributed by atoms with E-state index in [4.69, 9.17) is 10.8 Å². The number of carboxylic acid groups (broad SMARTS) is 1. The lowest BCUT2D eigenvalue weighted by atomic mass is 10.0. The highest BCUT2D eigenvalue weighted by molar-refractivity contribution is 5.95. The summed E-state index contributed by atoms with van der Waals surface area (Å²) < 4.78 is 0. The fraction of sp³-hybridized carbons (Fsp3) is 0.450. The van der Waals surface area contributed by atoms with Crippen molar-refractivity contribution in [2.24, 2.45) is 5.73 Å². The molecular weight excluding hydrogens is 454 g/mol. The zero-order chi connectivity index (χ0) is 25.8. The molecule has 0 aliphatic heterocycles. The van der Waals surface area contributed by atoms with Crippen LogP contribution in [-0.4, -0.2) is 94.0 Å². The fourth-order valence-corrected chi connectivity index (χ4v) is 2.60. The molecule has 0 aromatic heterocycles. The number of hydrogen-bond acceptors (Lipinski definition) is 9. The highest BCUT2D eigenvalue weighted by Crippen LogP contribution is 2.11. The van der Waals surface area contributed by atoms with E-state index >= 15 is 0 Å². The molecule has 4 amide bonds. The van der Waals surface area contributed by atoms with E-state index < -0.39 is 73.5 Å². The summed E-state index contributed by atoms with van der Waals surface area (Å²) in [5, 5.41) is 45.6. The van der Waals surface area contributed by atoms with Crippen LogP contribution in [0.5, 0.6) is 5.75 Å². The molecule has 188 valence electrons. The summed E-state index contributed by atoms with van der Waals surface area (Å²) >= 11 is 0. The van der Waals surface area contributed by atoms with Crippen molar-refractivity contribution < 1.29 is 44.4 Å². The first-order valence-corrected chi connectivity index (χ1v) is 10.1. The second kappa shape index (κ2) is 13.7. The van der Waals surface area contributed by atoms with Gasteiger partial charge in [0.1, 0.15) is 30.4 Å². The Bertz CT molecular complexity index is 876. The number of phenols is 1. The summed E-state index contributed by atoms with van der Waals surface area (Å²) in [6, 6.07) is 0.542. The number of carboxylic acids is 1. The fourth-order valence-electron chi connectivity index (χ4n) is 2.60. The molecule has 4 atom stereocenters. The van der Waals surface area contributed by atoms with Crippen LogP contribution in [0.3, 0.4) is 0 Å². The molecule has 1 aromatic carbocycles. The highest BCUT2D eigenvalue weighted by atomic mass is 16.4. The van der Waals surface area contributed by atoms with Crippen LogP contribution in [0.15, 0.2) is 24.3 Å². The Labute approximate surface area is 194 Å². The van der Waals surface area contributed by atoms with E-state index in [1.54, 1.807) is 0 Å². The normalized spacial score (nSPS) is 14.1. The van der Waals surface area contributed by atoms with Crippen molar-refractivity contribution in [2.45, 2.75) is 37.5 Å². The number of nitrogens with two attached hydrogens (primary N) is 1. The van der Waals surface area contributed by atoms with Gasteiger partial charge in [0.15, 0.2) is 0 Å². The summed E-state index contributed by atoms with van der Waals surface area (Å²) in [4.78, 5) is 59.8. The number of aliphatic hydroxyl groups excluding tert-OH is 2. The van der Waals surface area contributed by atoms with Crippen LogP contribution < -0.4 is 27.0 Å². The van der Waals surface area contributed by atoms with E-state index in [0.717, 1.165) is 0 Å². The van der Waals surface area contributed by atoms with Gasteiger partial charge in [0.05, 0.1) is 19.3 Å². The standard InChI is InChI=1S/C20H29N5O9/c1-10(21)17(31)23-13(6-11-2-4-12(28)5-3-11)19(33)25-15(9-27)20(34)24-14(8-26)18(32)22-7-16(29)30/h2-5,10,13-15,26-28H,6-9,21H2,1H3,(H,22,32)(H,23,31)(H,24,34)(H,25,33)(H,29,30)/t10-,13-,14-,15-/m0/s1. The van der Waals surface area contributed by atoms with Crippen LogP contribution in [0, 0.1) is 0 Å². The van der Waals surface area contributed by atoms with E-state index in [0.29, 0.717) is 5.56 Å². The highest BCUT2D eigenvalue weighted by Gasteiger charge is 2.29. The van der Waals surface area contributed by atoms with Crippen LogP contribution in [0.4, 0.5) is 0 Å². The molecule has 0 aliphatic rings. The molecule has 14 nitrogen and oxygen atoms in total. The molecule has 34 heavy (non-hydrogen) atoms. The molecule has 14 heteroatoms. The van der Waals surface area contributed by atoms with Crippen molar-refractivity contribution in [1.29, 1.82) is 0 Å². The van der Waals surface area contributed by atoms with Crippen LogP contribution in [0.25, 0.3) is 0 Å². The predicted octanol–water partition coefficient (Wildman–Crippen LogP) is -4.08. The number of carbonyl (C=O) groups is 5. The first kappa shape index (κ1) is 28.3. The molecule has 0 unspecified atom stereocenters. The van der Waals surface area contributed by atoms with Crippen molar-refractivity contribution >= 4 is 29.6 Å². The summed E-state index contributed by atoms with van der Waals surface area (Å²) in [6.45, 7) is -1.11. The third kappa shape index (κ3) is 9.40. The molecule has 0 saturated heterocycles. The van der Waals surface area contributed by atoms with Crippen LogP contribution in [0.2, 0.25) is 0 Å². The Morgan fingerprint density at radius 3 is 1.76 bits per heavy atom. The number of aliphatic carboxylic acids is 1. The van der Waals surface area contributed by atoms with Gasteiger partial charge in [0, 0.05) is 6.42 Å². The lowest BCUT2D eigenvalue weighted by molar-refractivity contribution is -0.139. The zero-order valence-corrected chi connectivity index (χ0v) is 18.4. The monoisotopic (exact) mass is 483 g/mol. The van der Waals surface area contributed by atoms with E-state index in [1.807, 2.05) is 5.32 Å². The SMILES string of the molecule is C[C@H](N)C(=O)N[C@@H](Cc1ccc(O)cc1)C(=O)N[C@@H](CO)C(=O)N[C@@H](CO)C(=O)NCC(=O)O. The average Bonchev–Trinajstić information content (AvgIpc) is 2.79. The van der Waals surface area contributed by atoms with Gasteiger partial charge in [0.2, 0.25) is 23.6 Å². The second-order valence-corrected chi connectivity index (χ2v) is 7.32. The number of benzene rings is 1. The third-order valence-electron chi connectivity index (χ3n) is 4.47. The van der Waals surface area contributed by atoms with Gasteiger partial charge in [-0.3, -0.25) is 24.0 Å². The van der Waals surface area contributed by atoms with Crippen molar-refractivity contribution in [3.05, 3.63) is 29.8 Å². The Hall–Kier alpha value is -3.75. The molecule has 0 spiro atoms. The molecular formula is C20H29N5O9. The molecule has 1 rings (SSSR count). The van der Waals surface area contributed by atoms with Crippen LogP contribution in [-0.2, 0) is 30.4 Å². The van der Waals surface area contributed by atoms with Gasteiger partial charge in [-0.2, -0.15) is 0 Å². The molecule has 1 aromatic rings. The minimum Gasteiger partial charge on any atom is -0.508 e. The van der Waals surface area contributed by atoms with E-state index in [9.17, 15) is 39.3 Å². The van der Waals surface area contributed by atoms with Gasteiger partial charge >= 0.3 is 5.97 Å². The smallest absolute Gasteiger partial charge is 0.322 e. The number of hydrogen-bond donors (Lipinski definition) is 9. The van der Waals surface area contributed by atoms with Crippen molar-refractivity contribution in [1.82, 2.24) is 21.3 Å². The van der Waals surface area contributed by atoms with Crippen LogP contribution in [0.1, 0.15) is 12.5 Å². The van der Waals surface area contributed by atoms with Crippen LogP contribution >= 0.6 is 0 Å². The minimum atomic E-state index is -1.57. The number of rotatable bonds is 13. The van der Waals surface area contributed by atoms with Gasteiger partial charge in [-0.15, -0.1) is 0 Å². The van der Waals surface area contributed by atoms with E-state index in [-0.39, 0.29) is 12.2 Å². The van der Waals surface area contributed by atoms with Gasteiger partial charge in [-0.1, -0.05) is 12.1 Å². The quantitative estimate of drug-likeness (QED) is 0.131. The topological polar surface area (TPSA) is 240 Å². The Kier molecular flexibility index (Phi) is 11.4. The summed E-state index contributed by atoms with van der Waals surface area (Å²) in [7, 11) is 0. The third-order valence-corrected chi connectivity index (χ3v) is 4.47. The predicted molar refractivity (Wildman–Crippen MR) is 116 cm³/mol. The minimum absolute atomic E-state index is 0.00721. The van der Waals surface area contributed by atoms with E-state index in [2.05, 4.69) is 16.0 Å². The van der Waals surface area contributed by atoms with Crippen molar-refractivity contribution in [2.75, 3.05) is 19.8 Å². The first-order chi connectivity index (χ1) is 16.0. The largest absolute Gasteiger partial charge is 0.508 e. The molecule has 10 N–H and O–H groups in total. The van der Waals surface area contributed by atoms with Crippen molar-refractivity contribution in [3.8, 4) is 5.75 Å². The maximum atomic E-state index is 12.8. The second-order valence-electron chi connectivity index (χ2n) is 7.32. The van der Waals surface area contributed by atoms with E-state index in [1.165, 1.54) is 31.2 Å². The van der Waals surface area contributed by atoms with Gasteiger partial charge in [0.25, 0.3) is 0 Å². The van der Waals surface area contributed by atoms with Gasteiger partial charge < -0.3 is 47.4 Å². The van der Waals surface area contributed by atoms with Gasteiger partial charge in [-0.05, 0) is 24.6 Å². The summed E-state index contributed by atoms with van der Waals surface area (Å²) in [6.07, 6.45) is -0.0405. The lowest BCUT2D eigenvalue weighted by Gasteiger charge is -2.24. The Morgan fingerprint density at radius 1 is 0.824 bits per heavy atom. The maximum Gasteiger partial charge on any atom is 0.322 e. The number of carbonyl (C=O) groups excluding carboxylic acids is 4. The molecule has 0 bridgehead atoms. The number of aromatic hydroxyl groups is 1.